The lowest BCUT2D eigenvalue weighted by molar-refractivity contribution is 0.0966. The number of nitrogens with zero attached hydrogens (tertiary/aromatic N) is 1. The monoisotopic (exact) mass is 355 g/mol. The fourth-order valence-electron chi connectivity index (χ4n) is 2.61. The molecule has 3 aromatic rings. The normalized spacial score (nSPS) is 11.0. The van der Waals surface area contributed by atoms with E-state index in [2.05, 4.69) is 0 Å². The lowest BCUT2D eigenvalue weighted by Crippen LogP contribution is -2.20. The summed E-state index contributed by atoms with van der Waals surface area (Å²) in [5.41, 5.74) is 1.41. The summed E-state index contributed by atoms with van der Waals surface area (Å²) >= 11 is 0. The van der Waals surface area contributed by atoms with Crippen LogP contribution in [0.3, 0.4) is 0 Å². The van der Waals surface area contributed by atoms with Crippen LogP contribution in [-0.2, 0) is 0 Å². The minimum Gasteiger partial charge on any atom is -0.493 e. The van der Waals surface area contributed by atoms with Crippen LogP contribution < -0.4 is 20.0 Å². The van der Waals surface area contributed by atoms with Gasteiger partial charge < -0.3 is 18.6 Å². The molecule has 0 bridgehead atoms. The van der Waals surface area contributed by atoms with Crippen molar-refractivity contribution in [3.8, 4) is 17.2 Å². The van der Waals surface area contributed by atoms with Crippen LogP contribution in [0.1, 0.15) is 10.4 Å². The number of aromatic nitrogens is 1. The molecule has 1 aromatic heterocycles. The zero-order valence-corrected chi connectivity index (χ0v) is 14.5. The van der Waals surface area contributed by atoms with Gasteiger partial charge in [0.2, 0.25) is 5.75 Å². The molecule has 0 spiro atoms. The number of rotatable bonds is 5. The van der Waals surface area contributed by atoms with E-state index in [4.69, 9.17) is 18.6 Å². The Bertz CT molecular complexity index is 1020. The van der Waals surface area contributed by atoms with Crippen molar-refractivity contribution in [1.82, 2.24) is 4.57 Å². The third-order valence-electron chi connectivity index (χ3n) is 3.81. The Morgan fingerprint density at radius 2 is 1.69 bits per heavy atom. The maximum atomic E-state index is 12.5. The largest absolute Gasteiger partial charge is 0.493 e. The van der Waals surface area contributed by atoms with E-state index in [0.717, 1.165) is 4.57 Å². The maximum absolute atomic E-state index is 12.5. The first-order valence-corrected chi connectivity index (χ1v) is 7.72. The summed E-state index contributed by atoms with van der Waals surface area (Å²) in [6, 6.07) is 10.1. The number of methoxy groups -OCH3 is 3. The van der Waals surface area contributed by atoms with Crippen LogP contribution in [0.4, 0.5) is 0 Å². The van der Waals surface area contributed by atoms with Crippen LogP contribution in [-0.4, -0.2) is 31.8 Å². The fraction of sp³-hybridized carbons (Fsp3) is 0.158. The third-order valence-corrected chi connectivity index (χ3v) is 3.81. The van der Waals surface area contributed by atoms with Crippen LogP contribution in [0.15, 0.2) is 51.7 Å². The maximum Gasteiger partial charge on any atom is 0.427 e. The Hall–Kier alpha value is -3.48. The van der Waals surface area contributed by atoms with Gasteiger partial charge in [-0.15, -0.1) is 0 Å². The summed E-state index contributed by atoms with van der Waals surface area (Å²) in [7, 11) is 4.52. The molecule has 0 saturated carbocycles. The van der Waals surface area contributed by atoms with Gasteiger partial charge in [0.25, 0.3) is 5.91 Å². The number of ether oxygens (including phenoxy) is 3. The van der Waals surface area contributed by atoms with Gasteiger partial charge in [-0.25, -0.2) is 9.36 Å². The average Bonchev–Trinajstić information content (AvgIpc) is 3.00. The van der Waals surface area contributed by atoms with Gasteiger partial charge in [-0.1, -0.05) is 12.1 Å². The number of allylic oxidation sites excluding steroid dienone is 1. The van der Waals surface area contributed by atoms with Crippen LogP contribution in [0.5, 0.6) is 17.2 Å². The molecule has 0 aliphatic heterocycles. The van der Waals surface area contributed by atoms with Gasteiger partial charge in [0.05, 0.1) is 26.8 Å². The number of carbonyl (C=O) groups excluding carboxylic acids is 1. The van der Waals surface area contributed by atoms with E-state index in [-0.39, 0.29) is 0 Å². The first kappa shape index (κ1) is 17.3. The van der Waals surface area contributed by atoms with E-state index in [1.54, 1.807) is 42.5 Å². The molecule has 7 heteroatoms. The molecule has 3 rings (SSSR count). The van der Waals surface area contributed by atoms with E-state index in [9.17, 15) is 9.59 Å². The number of hydrogen-bond acceptors (Lipinski definition) is 6. The summed E-state index contributed by atoms with van der Waals surface area (Å²) in [5.74, 6) is 0.129. The van der Waals surface area contributed by atoms with Crippen molar-refractivity contribution < 1.29 is 23.4 Å². The van der Waals surface area contributed by atoms with E-state index in [1.165, 1.54) is 27.4 Å². The van der Waals surface area contributed by atoms with Crippen molar-refractivity contribution in [2.75, 3.05) is 21.3 Å². The zero-order valence-electron chi connectivity index (χ0n) is 14.5. The Morgan fingerprint density at radius 1 is 1.04 bits per heavy atom. The lowest BCUT2D eigenvalue weighted by Gasteiger charge is -2.12. The highest BCUT2D eigenvalue weighted by Gasteiger charge is 2.15. The minimum atomic E-state index is -0.731. The van der Waals surface area contributed by atoms with Gasteiger partial charge in [0.1, 0.15) is 0 Å². The molecule has 2 aromatic carbocycles. The van der Waals surface area contributed by atoms with Gasteiger partial charge in [-0.3, -0.25) is 4.79 Å². The van der Waals surface area contributed by atoms with Crippen LogP contribution >= 0.6 is 0 Å². The third kappa shape index (κ3) is 3.06. The smallest absolute Gasteiger partial charge is 0.427 e. The number of oxazole rings is 1. The first-order valence-electron chi connectivity index (χ1n) is 7.72. The van der Waals surface area contributed by atoms with E-state index < -0.39 is 11.7 Å². The van der Waals surface area contributed by atoms with E-state index >= 15 is 0 Å². The standard InChI is InChI=1S/C19H17NO6/c1-23-15-10-12(11-16(24-2)18(15)25-3)8-9-17(21)20-13-6-4-5-7-14(13)26-19(20)22/h4-11H,1-3H3/b9-8+. The molecule has 134 valence electrons. The topological polar surface area (TPSA) is 79.9 Å². The predicted molar refractivity (Wildman–Crippen MR) is 96.2 cm³/mol. The van der Waals surface area contributed by atoms with E-state index in [1.807, 2.05) is 0 Å². The van der Waals surface area contributed by atoms with Gasteiger partial charge in [0.15, 0.2) is 17.1 Å². The molecular formula is C19H17NO6. The Balaban J connectivity index is 1.98. The number of benzene rings is 2. The Labute approximate surface area is 149 Å². The number of hydrogen-bond donors (Lipinski definition) is 0. The van der Waals surface area contributed by atoms with Gasteiger partial charge in [-0.05, 0) is 35.9 Å². The van der Waals surface area contributed by atoms with Crippen molar-refractivity contribution in [1.29, 1.82) is 0 Å². The molecule has 0 atom stereocenters. The van der Waals surface area contributed by atoms with Crippen molar-refractivity contribution in [2.24, 2.45) is 0 Å². The zero-order chi connectivity index (χ0) is 18.7. The van der Waals surface area contributed by atoms with Crippen LogP contribution in [0, 0.1) is 0 Å². The van der Waals surface area contributed by atoms with Crippen LogP contribution in [0.25, 0.3) is 17.2 Å². The van der Waals surface area contributed by atoms with Crippen molar-refractivity contribution in [2.45, 2.75) is 0 Å². The molecule has 0 N–H and O–H groups in total. The second-order valence-electron chi connectivity index (χ2n) is 5.30. The summed E-state index contributed by atoms with van der Waals surface area (Å²) in [6.45, 7) is 0. The fourth-order valence-corrected chi connectivity index (χ4v) is 2.61. The molecule has 0 saturated heterocycles. The van der Waals surface area contributed by atoms with Crippen molar-refractivity contribution in [3.63, 3.8) is 0 Å². The molecule has 0 aliphatic carbocycles. The highest BCUT2D eigenvalue weighted by molar-refractivity contribution is 5.98. The number of carbonyl (C=O) groups is 1. The van der Waals surface area contributed by atoms with Crippen LogP contribution in [0.2, 0.25) is 0 Å². The van der Waals surface area contributed by atoms with Gasteiger partial charge >= 0.3 is 5.76 Å². The number of fused-ring (bicyclic) bond motifs is 1. The molecule has 0 aliphatic rings. The second-order valence-corrected chi connectivity index (χ2v) is 5.30. The van der Waals surface area contributed by atoms with Gasteiger partial charge in [0, 0.05) is 6.08 Å². The summed E-state index contributed by atoms with van der Waals surface area (Å²) in [6.07, 6.45) is 2.84. The van der Waals surface area contributed by atoms with E-state index in [0.29, 0.717) is 33.9 Å². The minimum absolute atomic E-state index is 0.354. The highest BCUT2D eigenvalue weighted by Crippen LogP contribution is 2.38. The Morgan fingerprint density at radius 3 is 2.31 bits per heavy atom. The predicted octanol–water partition coefficient (Wildman–Crippen LogP) is 2.97. The molecule has 0 fully saturated rings. The summed E-state index contributed by atoms with van der Waals surface area (Å²) < 4.78 is 21.9. The second kappa shape index (κ2) is 7.18. The lowest BCUT2D eigenvalue weighted by atomic mass is 10.1. The highest BCUT2D eigenvalue weighted by atomic mass is 16.5. The first-order chi connectivity index (χ1) is 12.6. The van der Waals surface area contributed by atoms with Crippen molar-refractivity contribution >= 4 is 23.1 Å². The van der Waals surface area contributed by atoms with Crippen molar-refractivity contribution in [3.05, 3.63) is 58.6 Å². The molecule has 1 heterocycles. The molecular weight excluding hydrogens is 338 g/mol. The van der Waals surface area contributed by atoms with Gasteiger partial charge in [-0.2, -0.15) is 0 Å². The summed E-state index contributed by atoms with van der Waals surface area (Å²) in [5, 5.41) is 0. The average molecular weight is 355 g/mol. The SMILES string of the molecule is COc1cc(/C=C/C(=O)n2c(=O)oc3ccccc32)cc(OC)c1OC. The quantitative estimate of drug-likeness (QED) is 0.655. The number of para-hydroxylation sites is 2. The molecule has 0 unspecified atom stereocenters. The molecule has 0 radical (unpaired) electrons. The Kier molecular flexibility index (Phi) is 4.79. The molecule has 7 nitrogen and oxygen atoms in total. The molecule has 0 amide bonds. The summed E-state index contributed by atoms with van der Waals surface area (Å²) in [4.78, 5) is 24.4. The molecule has 26 heavy (non-hydrogen) atoms.